The van der Waals surface area contributed by atoms with Crippen molar-refractivity contribution in [1.82, 2.24) is 4.90 Å². The maximum Gasteiger partial charge on any atom is 0.104 e. The first-order valence-electron chi connectivity index (χ1n) is 6.72. The van der Waals surface area contributed by atoms with E-state index in [4.69, 9.17) is 18.0 Å². The lowest BCUT2D eigenvalue weighted by molar-refractivity contribution is 0.337. The van der Waals surface area contributed by atoms with E-state index in [0.29, 0.717) is 4.99 Å². The molecule has 19 heavy (non-hydrogen) atoms. The number of benzene rings is 1. The van der Waals surface area contributed by atoms with Gasteiger partial charge in [0.05, 0.1) is 0 Å². The van der Waals surface area contributed by atoms with Gasteiger partial charge >= 0.3 is 0 Å². The van der Waals surface area contributed by atoms with E-state index >= 15 is 0 Å². The second-order valence-corrected chi connectivity index (χ2v) is 6.18. The molecule has 2 rings (SSSR count). The molecule has 1 heterocycles. The van der Waals surface area contributed by atoms with Gasteiger partial charge in [-0.05, 0) is 73.0 Å². The SMILES string of the molecule is NC(=S)c1ccc(NCCCN2CCCC2)c(Br)c1. The maximum absolute atomic E-state index is 5.61. The number of rotatable bonds is 6. The van der Waals surface area contributed by atoms with Crippen LogP contribution in [0.25, 0.3) is 0 Å². The lowest BCUT2D eigenvalue weighted by atomic mass is 10.2. The zero-order valence-electron chi connectivity index (χ0n) is 11.0. The van der Waals surface area contributed by atoms with Crippen LogP contribution in [0.5, 0.6) is 0 Å². The van der Waals surface area contributed by atoms with Crippen molar-refractivity contribution >= 4 is 38.8 Å². The van der Waals surface area contributed by atoms with E-state index < -0.39 is 0 Å². The minimum atomic E-state index is 0.432. The molecule has 0 atom stereocenters. The van der Waals surface area contributed by atoms with Gasteiger partial charge in [-0.1, -0.05) is 12.2 Å². The largest absolute Gasteiger partial charge is 0.389 e. The molecule has 0 radical (unpaired) electrons. The molecule has 1 aromatic rings. The van der Waals surface area contributed by atoms with Gasteiger partial charge in [0.1, 0.15) is 4.99 Å². The van der Waals surface area contributed by atoms with Crippen LogP contribution in [0, 0.1) is 0 Å². The third-order valence-corrected chi connectivity index (χ3v) is 4.31. The highest BCUT2D eigenvalue weighted by molar-refractivity contribution is 9.10. The van der Waals surface area contributed by atoms with Crippen LogP contribution in [0.1, 0.15) is 24.8 Å². The average Bonchev–Trinajstić information content (AvgIpc) is 2.89. The second-order valence-electron chi connectivity index (χ2n) is 4.89. The predicted octanol–water partition coefficient (Wildman–Crippen LogP) is 2.98. The van der Waals surface area contributed by atoms with Crippen LogP contribution in [0.15, 0.2) is 22.7 Å². The Kier molecular flexibility index (Phi) is 5.60. The second kappa shape index (κ2) is 7.22. The van der Waals surface area contributed by atoms with Crippen molar-refractivity contribution in [3.05, 3.63) is 28.2 Å². The quantitative estimate of drug-likeness (QED) is 0.616. The van der Waals surface area contributed by atoms with Crippen molar-refractivity contribution < 1.29 is 0 Å². The number of nitrogens with one attached hydrogen (secondary N) is 1. The molecule has 0 spiro atoms. The zero-order valence-corrected chi connectivity index (χ0v) is 13.4. The zero-order chi connectivity index (χ0) is 13.7. The topological polar surface area (TPSA) is 41.3 Å². The lowest BCUT2D eigenvalue weighted by Gasteiger charge is -2.15. The van der Waals surface area contributed by atoms with E-state index in [1.165, 1.54) is 38.9 Å². The summed E-state index contributed by atoms with van der Waals surface area (Å²) in [6.45, 7) is 4.72. The Bertz CT molecular complexity index is 444. The fourth-order valence-corrected chi connectivity index (χ4v) is 2.99. The van der Waals surface area contributed by atoms with Crippen molar-refractivity contribution in [1.29, 1.82) is 0 Å². The van der Waals surface area contributed by atoms with E-state index in [1.54, 1.807) is 0 Å². The molecule has 0 bridgehead atoms. The Labute approximate surface area is 128 Å². The van der Waals surface area contributed by atoms with Gasteiger partial charge in [-0.15, -0.1) is 0 Å². The molecule has 1 saturated heterocycles. The molecule has 0 saturated carbocycles. The number of nitrogens with zero attached hydrogens (tertiary/aromatic N) is 1. The van der Waals surface area contributed by atoms with Gasteiger partial charge in [-0.25, -0.2) is 0 Å². The predicted molar refractivity (Wildman–Crippen MR) is 88.8 cm³/mol. The van der Waals surface area contributed by atoms with Crippen LogP contribution >= 0.6 is 28.1 Å². The third kappa shape index (κ3) is 4.44. The standard InChI is InChI=1S/C14H20BrN3S/c15-12-10-11(14(16)19)4-5-13(12)17-6-3-9-18-7-1-2-8-18/h4-5,10,17H,1-3,6-9H2,(H2,16,19). The van der Waals surface area contributed by atoms with Crippen molar-refractivity contribution in [2.45, 2.75) is 19.3 Å². The molecule has 3 N–H and O–H groups in total. The molecular formula is C14H20BrN3S. The molecule has 0 aliphatic carbocycles. The monoisotopic (exact) mass is 341 g/mol. The van der Waals surface area contributed by atoms with Crippen LogP contribution in [0.2, 0.25) is 0 Å². The molecule has 1 aliphatic heterocycles. The maximum atomic E-state index is 5.61. The molecular weight excluding hydrogens is 322 g/mol. The molecule has 0 aromatic heterocycles. The first-order valence-corrected chi connectivity index (χ1v) is 7.92. The van der Waals surface area contributed by atoms with Crippen molar-refractivity contribution in [2.24, 2.45) is 5.73 Å². The summed E-state index contributed by atoms with van der Waals surface area (Å²) in [6, 6.07) is 5.94. The summed E-state index contributed by atoms with van der Waals surface area (Å²) in [6.07, 6.45) is 3.89. The number of hydrogen-bond acceptors (Lipinski definition) is 3. The van der Waals surface area contributed by atoms with Crippen LogP contribution in [0.3, 0.4) is 0 Å². The fraction of sp³-hybridized carbons (Fsp3) is 0.500. The summed E-state index contributed by atoms with van der Waals surface area (Å²) >= 11 is 8.51. The molecule has 0 amide bonds. The first-order chi connectivity index (χ1) is 9.16. The number of anilines is 1. The van der Waals surface area contributed by atoms with E-state index in [9.17, 15) is 0 Å². The smallest absolute Gasteiger partial charge is 0.104 e. The Morgan fingerprint density at radius 1 is 1.37 bits per heavy atom. The van der Waals surface area contributed by atoms with Gasteiger partial charge in [-0.2, -0.15) is 0 Å². The summed E-state index contributed by atoms with van der Waals surface area (Å²) in [5.41, 5.74) is 7.60. The minimum absolute atomic E-state index is 0.432. The number of likely N-dealkylation sites (tertiary alicyclic amines) is 1. The van der Waals surface area contributed by atoms with Crippen molar-refractivity contribution in [2.75, 3.05) is 31.5 Å². The molecule has 1 aliphatic rings. The highest BCUT2D eigenvalue weighted by Crippen LogP contribution is 2.23. The van der Waals surface area contributed by atoms with Crippen LogP contribution in [0.4, 0.5) is 5.69 Å². The Balaban J connectivity index is 1.77. The third-order valence-electron chi connectivity index (χ3n) is 3.42. The van der Waals surface area contributed by atoms with Crippen molar-refractivity contribution in [3.63, 3.8) is 0 Å². The van der Waals surface area contributed by atoms with E-state index in [0.717, 1.165) is 22.3 Å². The van der Waals surface area contributed by atoms with Gasteiger partial charge in [0.25, 0.3) is 0 Å². The highest BCUT2D eigenvalue weighted by atomic mass is 79.9. The Morgan fingerprint density at radius 3 is 2.74 bits per heavy atom. The molecule has 1 fully saturated rings. The molecule has 1 aromatic carbocycles. The van der Waals surface area contributed by atoms with E-state index in [-0.39, 0.29) is 0 Å². The van der Waals surface area contributed by atoms with Gasteiger partial charge in [-0.3, -0.25) is 0 Å². The van der Waals surface area contributed by atoms with Crippen LogP contribution < -0.4 is 11.1 Å². The molecule has 0 unspecified atom stereocenters. The summed E-state index contributed by atoms with van der Waals surface area (Å²) in [5, 5.41) is 3.45. The van der Waals surface area contributed by atoms with Crippen molar-refractivity contribution in [3.8, 4) is 0 Å². The van der Waals surface area contributed by atoms with E-state index in [1.807, 2.05) is 18.2 Å². The number of halogens is 1. The molecule has 3 nitrogen and oxygen atoms in total. The summed E-state index contributed by atoms with van der Waals surface area (Å²) in [7, 11) is 0. The first kappa shape index (κ1) is 14.8. The van der Waals surface area contributed by atoms with Gasteiger partial charge in [0.15, 0.2) is 0 Å². The highest BCUT2D eigenvalue weighted by Gasteiger charge is 2.10. The Morgan fingerprint density at radius 2 is 2.11 bits per heavy atom. The Hall–Kier alpha value is -0.650. The van der Waals surface area contributed by atoms with Gasteiger partial charge < -0.3 is 16.0 Å². The normalized spacial score (nSPS) is 15.6. The van der Waals surface area contributed by atoms with Crippen LogP contribution in [-0.4, -0.2) is 36.1 Å². The van der Waals surface area contributed by atoms with Gasteiger partial charge in [0.2, 0.25) is 0 Å². The minimum Gasteiger partial charge on any atom is -0.389 e. The fourth-order valence-electron chi connectivity index (χ4n) is 2.34. The summed E-state index contributed by atoms with van der Waals surface area (Å²) in [4.78, 5) is 2.97. The van der Waals surface area contributed by atoms with E-state index in [2.05, 4.69) is 26.1 Å². The lowest BCUT2D eigenvalue weighted by Crippen LogP contribution is -2.22. The summed E-state index contributed by atoms with van der Waals surface area (Å²) in [5.74, 6) is 0. The number of nitrogens with two attached hydrogens (primary N) is 1. The van der Waals surface area contributed by atoms with Gasteiger partial charge in [0, 0.05) is 22.3 Å². The number of hydrogen-bond donors (Lipinski definition) is 2. The van der Waals surface area contributed by atoms with Crippen LogP contribution in [-0.2, 0) is 0 Å². The average molecular weight is 342 g/mol. The summed E-state index contributed by atoms with van der Waals surface area (Å²) < 4.78 is 1.01. The molecule has 104 valence electrons. The number of thiocarbonyl (C=S) groups is 1. The molecule has 5 heteroatoms.